The lowest BCUT2D eigenvalue weighted by molar-refractivity contribution is -0.130. The van der Waals surface area contributed by atoms with E-state index in [1.165, 1.54) is 0 Å². The lowest BCUT2D eigenvalue weighted by Gasteiger charge is -2.24. The third-order valence-electron chi connectivity index (χ3n) is 4.00. The second kappa shape index (κ2) is 6.65. The van der Waals surface area contributed by atoms with Gasteiger partial charge in [-0.15, -0.1) is 0 Å². The maximum absolute atomic E-state index is 12.2. The van der Waals surface area contributed by atoms with Crippen molar-refractivity contribution in [2.24, 2.45) is 5.10 Å². The largest absolute Gasteiger partial charge is 0.485 e. The van der Waals surface area contributed by atoms with Crippen molar-refractivity contribution in [2.75, 3.05) is 6.61 Å². The summed E-state index contributed by atoms with van der Waals surface area (Å²) in [7, 11) is 0. The topological polar surface area (TPSA) is 59.9 Å². The van der Waals surface area contributed by atoms with Gasteiger partial charge >= 0.3 is 0 Å². The van der Waals surface area contributed by atoms with Gasteiger partial charge in [0.15, 0.2) is 11.5 Å². The number of nitrogens with zero attached hydrogens (tertiary/aromatic N) is 1. The first kappa shape index (κ1) is 15.2. The minimum atomic E-state index is -0.723. The molecule has 4 rings (SSSR count). The summed E-state index contributed by atoms with van der Waals surface area (Å²) in [5, 5.41) is 6.26. The summed E-state index contributed by atoms with van der Waals surface area (Å²) in [6, 6.07) is 21.2. The second-order valence-corrected chi connectivity index (χ2v) is 5.67. The van der Waals surface area contributed by atoms with Crippen molar-refractivity contribution >= 4 is 22.9 Å². The van der Waals surface area contributed by atoms with E-state index >= 15 is 0 Å². The van der Waals surface area contributed by atoms with E-state index in [1.807, 2.05) is 60.7 Å². The van der Waals surface area contributed by atoms with Crippen molar-refractivity contribution < 1.29 is 14.3 Å². The number of rotatable bonds is 3. The lowest BCUT2D eigenvalue weighted by atomic mass is 10.1. The van der Waals surface area contributed by atoms with Gasteiger partial charge in [0.25, 0.3) is 5.91 Å². The Morgan fingerprint density at radius 3 is 2.68 bits per heavy atom. The van der Waals surface area contributed by atoms with Gasteiger partial charge in [0.05, 0.1) is 6.21 Å². The smallest absolute Gasteiger partial charge is 0.284 e. The molecule has 3 aromatic rings. The fourth-order valence-corrected chi connectivity index (χ4v) is 2.75. The number of hydrogen-bond acceptors (Lipinski definition) is 4. The minimum Gasteiger partial charge on any atom is -0.485 e. The minimum absolute atomic E-state index is 0.159. The number of para-hydroxylation sites is 2. The van der Waals surface area contributed by atoms with Crippen molar-refractivity contribution in [3.63, 3.8) is 0 Å². The molecule has 0 saturated carbocycles. The molecule has 3 aromatic carbocycles. The third-order valence-corrected chi connectivity index (χ3v) is 4.00. The zero-order valence-electron chi connectivity index (χ0n) is 13.4. The Morgan fingerprint density at radius 2 is 1.76 bits per heavy atom. The molecule has 0 aliphatic carbocycles. The molecular formula is C20H16N2O3. The van der Waals surface area contributed by atoms with Gasteiger partial charge in [-0.25, -0.2) is 5.43 Å². The van der Waals surface area contributed by atoms with Crippen molar-refractivity contribution in [1.82, 2.24) is 5.43 Å². The Labute approximate surface area is 144 Å². The van der Waals surface area contributed by atoms with E-state index in [1.54, 1.807) is 12.3 Å². The van der Waals surface area contributed by atoms with Gasteiger partial charge in [-0.1, -0.05) is 54.6 Å². The fraction of sp³-hybridized carbons (Fsp3) is 0.100. The van der Waals surface area contributed by atoms with Crippen LogP contribution in [0, 0.1) is 0 Å². The Balaban J connectivity index is 1.44. The average molecular weight is 332 g/mol. The van der Waals surface area contributed by atoms with Gasteiger partial charge in [-0.05, 0) is 22.9 Å². The summed E-state index contributed by atoms with van der Waals surface area (Å²) < 4.78 is 11.2. The Kier molecular flexibility index (Phi) is 4.04. The first-order valence-corrected chi connectivity index (χ1v) is 8.00. The number of benzene rings is 3. The number of hydrazone groups is 1. The molecule has 1 atom stereocenters. The van der Waals surface area contributed by atoms with E-state index in [9.17, 15) is 4.79 Å². The maximum atomic E-state index is 12.2. The number of fused-ring (bicyclic) bond motifs is 2. The van der Waals surface area contributed by atoms with Crippen molar-refractivity contribution in [3.8, 4) is 11.5 Å². The highest BCUT2D eigenvalue weighted by molar-refractivity contribution is 6.00. The molecule has 1 aliphatic rings. The van der Waals surface area contributed by atoms with Crippen LogP contribution in [0.5, 0.6) is 11.5 Å². The number of hydrogen-bond donors (Lipinski definition) is 1. The SMILES string of the molecule is O=C(N/N=C/c1cccc2ccccc12)C1COc2ccccc2O1. The highest BCUT2D eigenvalue weighted by atomic mass is 16.6. The van der Waals surface area contributed by atoms with Crippen LogP contribution in [0.1, 0.15) is 5.56 Å². The van der Waals surface area contributed by atoms with Gasteiger partial charge < -0.3 is 9.47 Å². The molecule has 0 spiro atoms. The fourth-order valence-electron chi connectivity index (χ4n) is 2.75. The summed E-state index contributed by atoms with van der Waals surface area (Å²) in [4.78, 5) is 12.2. The standard InChI is InChI=1S/C20H16N2O3/c23-20(19-13-24-17-10-3-4-11-18(17)25-19)22-21-12-15-8-5-7-14-6-1-2-9-16(14)15/h1-12,19H,13H2,(H,22,23)/b21-12+. The molecule has 0 aromatic heterocycles. The highest BCUT2D eigenvalue weighted by Gasteiger charge is 2.26. The van der Waals surface area contributed by atoms with E-state index in [0.29, 0.717) is 11.5 Å². The molecule has 0 fully saturated rings. The zero-order chi connectivity index (χ0) is 17.1. The predicted octanol–water partition coefficient (Wildman–Crippen LogP) is 3.13. The first-order valence-electron chi connectivity index (χ1n) is 8.00. The second-order valence-electron chi connectivity index (χ2n) is 5.67. The normalized spacial score (nSPS) is 16.1. The summed E-state index contributed by atoms with van der Waals surface area (Å²) in [5.74, 6) is 0.865. The zero-order valence-corrected chi connectivity index (χ0v) is 13.4. The molecule has 0 saturated heterocycles. The number of carbonyl (C=O) groups is 1. The Morgan fingerprint density at radius 1 is 1.00 bits per heavy atom. The van der Waals surface area contributed by atoms with Crippen molar-refractivity contribution in [1.29, 1.82) is 0 Å². The van der Waals surface area contributed by atoms with Crippen LogP contribution in [0.25, 0.3) is 10.8 Å². The monoisotopic (exact) mass is 332 g/mol. The first-order chi connectivity index (χ1) is 12.3. The van der Waals surface area contributed by atoms with Crippen LogP contribution in [0.15, 0.2) is 71.8 Å². The number of ether oxygens (including phenoxy) is 2. The molecule has 0 bridgehead atoms. The molecule has 25 heavy (non-hydrogen) atoms. The van der Waals surface area contributed by atoms with Gasteiger partial charge in [-0.2, -0.15) is 5.10 Å². The molecule has 1 amide bonds. The van der Waals surface area contributed by atoms with E-state index in [0.717, 1.165) is 16.3 Å². The van der Waals surface area contributed by atoms with Crippen LogP contribution in [0.4, 0.5) is 0 Å². The van der Waals surface area contributed by atoms with E-state index < -0.39 is 6.10 Å². The Hall–Kier alpha value is -3.34. The molecule has 0 radical (unpaired) electrons. The molecule has 1 unspecified atom stereocenters. The number of amides is 1. The highest BCUT2D eigenvalue weighted by Crippen LogP contribution is 2.30. The molecular weight excluding hydrogens is 316 g/mol. The van der Waals surface area contributed by atoms with Crippen LogP contribution in [-0.4, -0.2) is 24.8 Å². The van der Waals surface area contributed by atoms with Gasteiger partial charge in [0.2, 0.25) is 6.10 Å². The lowest BCUT2D eigenvalue weighted by Crippen LogP contribution is -2.42. The summed E-state index contributed by atoms with van der Waals surface area (Å²) in [5.41, 5.74) is 3.46. The average Bonchev–Trinajstić information content (AvgIpc) is 2.67. The summed E-state index contributed by atoms with van der Waals surface area (Å²) in [6.07, 6.45) is 0.914. The van der Waals surface area contributed by atoms with Crippen LogP contribution in [0.2, 0.25) is 0 Å². The Bertz CT molecular complexity index is 947. The van der Waals surface area contributed by atoms with Crippen LogP contribution in [-0.2, 0) is 4.79 Å². The van der Waals surface area contributed by atoms with Crippen molar-refractivity contribution in [2.45, 2.75) is 6.10 Å². The van der Waals surface area contributed by atoms with Gasteiger partial charge in [0.1, 0.15) is 6.61 Å². The molecule has 1 N–H and O–H groups in total. The van der Waals surface area contributed by atoms with E-state index in [-0.39, 0.29) is 12.5 Å². The quantitative estimate of drug-likeness (QED) is 0.592. The summed E-state index contributed by atoms with van der Waals surface area (Å²) >= 11 is 0. The molecule has 1 aliphatic heterocycles. The third kappa shape index (κ3) is 3.17. The van der Waals surface area contributed by atoms with Gasteiger partial charge in [-0.3, -0.25) is 4.79 Å². The van der Waals surface area contributed by atoms with E-state index in [2.05, 4.69) is 10.5 Å². The maximum Gasteiger partial charge on any atom is 0.284 e. The molecule has 5 nitrogen and oxygen atoms in total. The predicted molar refractivity (Wildman–Crippen MR) is 96.0 cm³/mol. The number of carbonyl (C=O) groups excluding carboxylic acids is 1. The van der Waals surface area contributed by atoms with Crippen LogP contribution >= 0.6 is 0 Å². The van der Waals surface area contributed by atoms with Crippen LogP contribution in [0.3, 0.4) is 0 Å². The molecule has 5 heteroatoms. The molecule has 124 valence electrons. The van der Waals surface area contributed by atoms with Crippen LogP contribution < -0.4 is 14.9 Å². The molecule has 1 heterocycles. The van der Waals surface area contributed by atoms with E-state index in [4.69, 9.17) is 9.47 Å². The van der Waals surface area contributed by atoms with Crippen molar-refractivity contribution in [3.05, 3.63) is 72.3 Å². The summed E-state index contributed by atoms with van der Waals surface area (Å²) in [6.45, 7) is 0.159. The van der Waals surface area contributed by atoms with Gasteiger partial charge in [0, 0.05) is 5.56 Å². The number of nitrogens with one attached hydrogen (secondary N) is 1.